The first-order valence-electron chi connectivity index (χ1n) is 26.0. The summed E-state index contributed by atoms with van der Waals surface area (Å²) in [6, 6.07) is -11.7. The van der Waals surface area contributed by atoms with Crippen LogP contribution < -0.4 is 75.7 Å². The fourth-order valence-electron chi connectivity index (χ4n) is 7.59. The largest absolute Gasteiger partial charge is 0.481 e. The number of amides is 12. The van der Waals surface area contributed by atoms with Crippen molar-refractivity contribution in [1.82, 2.24) is 63.4 Å². The Hall–Kier alpha value is -9.25. The molecule has 0 bridgehead atoms. The molecule has 0 saturated carbocycles. The minimum atomic E-state index is -1.64. The molecule has 36 heteroatoms. The van der Waals surface area contributed by atoms with Gasteiger partial charge in [-0.2, -0.15) is 0 Å². The zero-order valence-corrected chi connectivity index (χ0v) is 45.9. The number of aliphatic carboxylic acids is 4. The van der Waals surface area contributed by atoms with Gasteiger partial charge in [-0.15, -0.1) is 0 Å². The molecule has 1 aliphatic heterocycles. The van der Waals surface area contributed by atoms with E-state index in [0.29, 0.717) is 0 Å². The Kier molecular flexibility index (Phi) is 31.9. The fourth-order valence-corrected chi connectivity index (χ4v) is 7.59. The lowest BCUT2D eigenvalue weighted by molar-refractivity contribution is -0.144. The van der Waals surface area contributed by atoms with Crippen LogP contribution in [0.15, 0.2) is 0 Å². The van der Waals surface area contributed by atoms with Crippen LogP contribution in [0, 0.1) is 11.3 Å². The number of nitrogens with one attached hydrogen (secondary N) is 12. The Balaban J connectivity index is 3.05. The van der Waals surface area contributed by atoms with Crippen molar-refractivity contribution in [3.8, 4) is 0 Å². The van der Waals surface area contributed by atoms with Crippen LogP contribution in [-0.2, 0) is 76.7 Å². The van der Waals surface area contributed by atoms with Gasteiger partial charge in [0, 0.05) is 38.8 Å². The summed E-state index contributed by atoms with van der Waals surface area (Å²) in [5.41, 5.74) is 16.0. The van der Waals surface area contributed by atoms with Crippen LogP contribution in [0.2, 0.25) is 0 Å². The third-order valence-electron chi connectivity index (χ3n) is 12.1. The van der Waals surface area contributed by atoms with Crippen LogP contribution in [0.25, 0.3) is 0 Å². The summed E-state index contributed by atoms with van der Waals surface area (Å²) in [4.78, 5) is 202. The van der Waals surface area contributed by atoms with Gasteiger partial charge in [0.05, 0.1) is 32.2 Å². The van der Waals surface area contributed by atoms with Gasteiger partial charge in [-0.3, -0.25) is 77.3 Å². The average molecular weight is 1190 g/mol. The predicted octanol–water partition coefficient (Wildman–Crippen LogP) is -8.44. The van der Waals surface area contributed by atoms with Crippen molar-refractivity contribution >= 4 is 101 Å². The number of rotatable bonds is 39. The Labute approximate surface area is 474 Å². The van der Waals surface area contributed by atoms with Crippen LogP contribution in [-0.4, -0.2) is 214 Å². The van der Waals surface area contributed by atoms with Gasteiger partial charge in [-0.05, 0) is 64.2 Å². The molecule has 36 nitrogen and oxygen atoms in total. The van der Waals surface area contributed by atoms with Crippen molar-refractivity contribution < 1.29 is 97.1 Å². The maximum Gasteiger partial charge on any atom is 0.326 e. The zero-order valence-electron chi connectivity index (χ0n) is 45.9. The predicted molar refractivity (Wildman–Crippen MR) is 283 cm³/mol. The summed E-state index contributed by atoms with van der Waals surface area (Å²) in [5, 5.41) is 69.6. The maximum absolute atomic E-state index is 14.2. The van der Waals surface area contributed by atoms with E-state index in [9.17, 15) is 92.0 Å². The van der Waals surface area contributed by atoms with Crippen LogP contribution in [0.4, 0.5) is 0 Å². The number of carbonyl (C=O) groups is 16. The van der Waals surface area contributed by atoms with Crippen molar-refractivity contribution in [2.45, 2.75) is 146 Å². The molecule has 0 aromatic rings. The number of primary amides is 1. The molecule has 83 heavy (non-hydrogen) atoms. The van der Waals surface area contributed by atoms with Gasteiger partial charge >= 0.3 is 23.9 Å². The second-order valence-electron chi connectivity index (χ2n) is 19.2. The van der Waals surface area contributed by atoms with Gasteiger partial charge in [0.15, 0.2) is 5.96 Å². The minimum absolute atomic E-state index is 0.0106. The lowest BCUT2D eigenvalue weighted by Gasteiger charge is -2.32. The summed E-state index contributed by atoms with van der Waals surface area (Å²) >= 11 is 0. The molecule has 8 atom stereocenters. The Bertz CT molecular complexity index is 2410. The molecule has 1 aliphatic rings. The zero-order chi connectivity index (χ0) is 63.1. The van der Waals surface area contributed by atoms with Gasteiger partial charge < -0.3 is 101 Å². The second kappa shape index (κ2) is 36.9. The van der Waals surface area contributed by atoms with E-state index in [2.05, 4.69) is 58.5 Å². The van der Waals surface area contributed by atoms with Gasteiger partial charge in [-0.25, -0.2) is 4.79 Å². The van der Waals surface area contributed by atoms with Crippen molar-refractivity contribution in [3.63, 3.8) is 0 Å². The highest BCUT2D eigenvalue weighted by molar-refractivity contribution is 5.98. The molecule has 0 spiro atoms. The Morgan fingerprint density at radius 3 is 1.53 bits per heavy atom. The third kappa shape index (κ3) is 29.2. The number of carboxylic acids is 4. The molecule has 1 fully saturated rings. The monoisotopic (exact) mass is 1180 g/mol. The molecule has 0 radical (unpaired) electrons. The van der Waals surface area contributed by atoms with Gasteiger partial charge in [-0.1, -0.05) is 13.8 Å². The molecule has 0 aromatic carbocycles. The van der Waals surface area contributed by atoms with E-state index in [0.717, 1.165) is 4.90 Å². The van der Waals surface area contributed by atoms with Crippen LogP contribution >= 0.6 is 0 Å². The topological polar surface area (TPSA) is 592 Å². The fraction of sp³-hybridized carbons (Fsp3) is 0.638. The van der Waals surface area contributed by atoms with E-state index in [1.807, 2.05) is 0 Å². The minimum Gasteiger partial charge on any atom is -0.481 e. The lowest BCUT2D eigenvalue weighted by atomic mass is 10.0. The summed E-state index contributed by atoms with van der Waals surface area (Å²) in [7, 11) is 0. The number of hydrogen-bond acceptors (Lipinski definition) is 18. The Morgan fingerprint density at radius 1 is 0.518 bits per heavy atom. The molecule has 1 rings (SSSR count). The van der Waals surface area contributed by atoms with Crippen molar-refractivity contribution in [1.29, 1.82) is 5.41 Å². The molecular weight excluding hydrogens is 1110 g/mol. The quantitative estimate of drug-likeness (QED) is 0.0154. The van der Waals surface area contributed by atoms with Crippen molar-refractivity contribution in [2.24, 2.45) is 23.1 Å². The van der Waals surface area contributed by atoms with E-state index < -0.39 is 214 Å². The summed E-state index contributed by atoms with van der Waals surface area (Å²) in [5.74, 6) is -17.8. The number of carboxylic acid groups (broad SMARTS) is 4. The highest BCUT2D eigenvalue weighted by Gasteiger charge is 2.41. The van der Waals surface area contributed by atoms with Crippen LogP contribution in [0.1, 0.15) is 97.8 Å². The van der Waals surface area contributed by atoms with E-state index >= 15 is 0 Å². The molecule has 0 unspecified atom stereocenters. The van der Waals surface area contributed by atoms with E-state index in [1.165, 1.54) is 20.8 Å². The Morgan fingerprint density at radius 2 is 0.988 bits per heavy atom. The molecule has 22 N–H and O–H groups in total. The summed E-state index contributed by atoms with van der Waals surface area (Å²) < 4.78 is 0. The normalized spacial score (nSPS) is 15.1. The van der Waals surface area contributed by atoms with Gasteiger partial charge in [0.1, 0.15) is 42.3 Å². The molecule has 1 heterocycles. The third-order valence-corrected chi connectivity index (χ3v) is 12.1. The first kappa shape index (κ1) is 71.8. The standard InChI is InChI=1S/C47H76N16O20/c1-22(2)38(62-43(79)27(11-15-37(73)74)59-39(75)23(3)57-33(67)20-54-31(65)18-53-32(66)19-55-40(76)24(48)8-13-35(69)70)45(81)63-17-5-7-29(63)44(80)60-25(10-14-36(71)72)41(77)56-21-34(68)58-26(9-12-30(49)64)42(78)61-28(46(82)83)6-4-16-52-47(50)51/h22-29,38H,4-21,48H2,1-3H3,(H2,49,64)(H,53,66)(H,54,65)(H,55,76)(H,56,77)(H,57,67)(H,58,68)(H,59,75)(H,60,80)(H,61,78)(H,62,79)(H,69,70)(H,71,72)(H,73,74)(H,82,83)(H4,50,51,52)/t23-,24-,25-,26-,27-,28-,29-,38-/m0/s1. The van der Waals surface area contributed by atoms with E-state index in [4.69, 9.17) is 27.7 Å². The molecule has 1 saturated heterocycles. The van der Waals surface area contributed by atoms with E-state index in [-0.39, 0.29) is 57.6 Å². The van der Waals surface area contributed by atoms with Crippen LogP contribution in [0.5, 0.6) is 0 Å². The number of likely N-dealkylation sites (tertiary alicyclic amines) is 1. The van der Waals surface area contributed by atoms with E-state index in [1.54, 1.807) is 0 Å². The number of nitrogens with two attached hydrogens (primary N) is 3. The lowest BCUT2D eigenvalue weighted by Crippen LogP contribution is -2.60. The average Bonchev–Trinajstić information content (AvgIpc) is 3.95. The SMILES string of the molecule is CC(C)[C@H](NC(=O)[C@H](CCC(=O)O)NC(=O)[C@H](C)NC(=O)CNC(=O)CNC(=O)CNC(=O)[C@@H](N)CCC(=O)O)C(=O)N1CCC[C@H]1C(=O)N[C@@H](CCC(=O)O)C(=O)NCC(=O)N[C@@H](CCC(N)=O)C(=O)N[C@@H](CCCNC(=N)N)C(=O)O. The maximum atomic E-state index is 14.2. The first-order valence-corrected chi connectivity index (χ1v) is 26.0. The highest BCUT2D eigenvalue weighted by atomic mass is 16.4. The van der Waals surface area contributed by atoms with Crippen molar-refractivity contribution in [2.75, 3.05) is 39.3 Å². The first-order chi connectivity index (χ1) is 38.8. The number of hydrogen-bond donors (Lipinski definition) is 19. The molecule has 464 valence electrons. The highest BCUT2D eigenvalue weighted by Crippen LogP contribution is 2.21. The molecule has 0 aromatic heterocycles. The number of guanidine groups is 1. The van der Waals surface area contributed by atoms with Gasteiger partial charge in [0.25, 0.3) is 0 Å². The van der Waals surface area contributed by atoms with Crippen LogP contribution in [0.3, 0.4) is 0 Å². The second-order valence-corrected chi connectivity index (χ2v) is 19.2. The molecular formula is C47H76N16O20. The summed E-state index contributed by atoms with van der Waals surface area (Å²) in [6.07, 6.45) is -3.59. The van der Waals surface area contributed by atoms with Gasteiger partial charge in [0.2, 0.25) is 70.9 Å². The molecule has 0 aliphatic carbocycles. The number of carbonyl (C=O) groups excluding carboxylic acids is 12. The van der Waals surface area contributed by atoms with Crippen molar-refractivity contribution in [3.05, 3.63) is 0 Å². The number of nitrogens with zero attached hydrogens (tertiary/aromatic N) is 1. The smallest absolute Gasteiger partial charge is 0.326 e. The molecule has 12 amide bonds. The summed E-state index contributed by atoms with van der Waals surface area (Å²) in [6.45, 7) is 1.39.